The lowest BCUT2D eigenvalue weighted by Gasteiger charge is -1.95. The molecule has 0 unspecified atom stereocenters. The van der Waals surface area contributed by atoms with Crippen molar-refractivity contribution >= 4 is 45.9 Å². The van der Waals surface area contributed by atoms with Gasteiger partial charge >= 0.3 is 11.9 Å². The van der Waals surface area contributed by atoms with Gasteiger partial charge in [0.25, 0.3) is 0 Å². The minimum atomic E-state index is -0.743. The predicted octanol–water partition coefficient (Wildman–Crippen LogP) is 6.02. The second kappa shape index (κ2) is 9.30. The summed E-state index contributed by atoms with van der Waals surface area (Å²) < 4.78 is 0. The van der Waals surface area contributed by atoms with E-state index in [9.17, 15) is 9.59 Å². The highest BCUT2D eigenvalue weighted by Crippen LogP contribution is 2.40. The lowest BCUT2D eigenvalue weighted by Crippen LogP contribution is -1.94. The molecule has 7 heteroatoms. The number of aryl methyl sites for hydroxylation is 2. The van der Waals surface area contributed by atoms with Crippen LogP contribution in [0.2, 0.25) is 0 Å². The van der Waals surface area contributed by atoms with Crippen LogP contribution in [0.3, 0.4) is 0 Å². The first-order chi connectivity index (χ1) is 13.0. The molecular formula is C20H20O4S3. The summed E-state index contributed by atoms with van der Waals surface area (Å²) in [6.45, 7) is 0. The van der Waals surface area contributed by atoms with Gasteiger partial charge in [-0.1, -0.05) is 0 Å². The molecule has 0 aromatic carbocycles. The maximum Gasteiger partial charge on any atom is 0.303 e. The van der Waals surface area contributed by atoms with Crippen LogP contribution in [0.1, 0.15) is 35.4 Å². The molecule has 4 nitrogen and oxygen atoms in total. The van der Waals surface area contributed by atoms with Gasteiger partial charge in [-0.15, -0.1) is 34.0 Å². The van der Waals surface area contributed by atoms with Gasteiger partial charge in [0.2, 0.25) is 0 Å². The third kappa shape index (κ3) is 5.76. The Morgan fingerprint density at radius 3 is 1.41 bits per heavy atom. The molecule has 0 aliphatic rings. The average molecular weight is 421 g/mol. The molecule has 0 bridgehead atoms. The number of carbonyl (C=O) groups is 2. The van der Waals surface area contributed by atoms with Gasteiger partial charge in [0, 0.05) is 42.1 Å². The third-order valence-corrected chi connectivity index (χ3v) is 7.81. The Hall–Kier alpha value is -1.96. The molecule has 3 aromatic heterocycles. The van der Waals surface area contributed by atoms with Crippen LogP contribution in [-0.4, -0.2) is 22.2 Å². The van der Waals surface area contributed by atoms with Crippen LogP contribution >= 0.6 is 34.0 Å². The summed E-state index contributed by atoms with van der Waals surface area (Å²) in [6.07, 6.45) is 3.38. The maximum atomic E-state index is 10.6. The molecular weight excluding hydrogens is 400 g/mol. The standard InChI is InChI=1S/C20H20O4S3/c21-19(22)5-1-3-13-7-9-15(25-13)17-11-12-18(27-17)16-10-8-14(26-16)4-2-6-20(23)24/h7-12H,1-6H2,(H,21,22)(H,23,24). The zero-order valence-electron chi connectivity index (χ0n) is 14.6. The Kier molecular flexibility index (Phi) is 6.82. The number of aliphatic carboxylic acids is 2. The average Bonchev–Trinajstić information content (AvgIpc) is 3.34. The molecule has 0 radical (unpaired) electrons. The molecule has 3 rings (SSSR count). The minimum Gasteiger partial charge on any atom is -0.481 e. The number of rotatable bonds is 10. The van der Waals surface area contributed by atoms with Gasteiger partial charge < -0.3 is 10.2 Å². The summed E-state index contributed by atoms with van der Waals surface area (Å²) in [5.41, 5.74) is 0. The highest BCUT2D eigenvalue weighted by atomic mass is 32.1. The highest BCUT2D eigenvalue weighted by Gasteiger charge is 2.10. The van der Waals surface area contributed by atoms with E-state index in [1.807, 2.05) is 0 Å². The van der Waals surface area contributed by atoms with E-state index in [1.165, 1.54) is 29.3 Å². The molecule has 142 valence electrons. The van der Waals surface area contributed by atoms with Gasteiger partial charge in [-0.05, 0) is 62.1 Å². The Labute approximate surface area is 169 Å². The lowest BCUT2D eigenvalue weighted by molar-refractivity contribution is -0.138. The Morgan fingerprint density at radius 2 is 1.00 bits per heavy atom. The SMILES string of the molecule is O=C(O)CCCc1ccc(-c2ccc(-c3ccc(CCCC(=O)O)s3)s2)s1. The molecule has 0 atom stereocenters. The fourth-order valence-corrected chi connectivity index (χ4v) is 6.01. The van der Waals surface area contributed by atoms with E-state index in [-0.39, 0.29) is 12.8 Å². The maximum absolute atomic E-state index is 10.6. The van der Waals surface area contributed by atoms with Crippen molar-refractivity contribution in [3.8, 4) is 19.5 Å². The van der Waals surface area contributed by atoms with E-state index in [0.29, 0.717) is 12.8 Å². The van der Waals surface area contributed by atoms with Crippen LogP contribution in [0.25, 0.3) is 19.5 Å². The van der Waals surface area contributed by atoms with Gasteiger partial charge in [0.1, 0.15) is 0 Å². The molecule has 0 amide bonds. The first-order valence-electron chi connectivity index (χ1n) is 8.73. The first kappa shape index (κ1) is 19.8. The Bertz CT molecular complexity index is 846. The number of hydrogen-bond acceptors (Lipinski definition) is 5. The molecule has 2 N–H and O–H groups in total. The van der Waals surface area contributed by atoms with Crippen LogP contribution in [0.5, 0.6) is 0 Å². The van der Waals surface area contributed by atoms with Crippen molar-refractivity contribution in [3.05, 3.63) is 46.2 Å². The zero-order valence-corrected chi connectivity index (χ0v) is 17.1. The molecule has 0 saturated carbocycles. The molecule has 0 saturated heterocycles. The van der Waals surface area contributed by atoms with Crippen molar-refractivity contribution in [1.82, 2.24) is 0 Å². The van der Waals surface area contributed by atoms with Gasteiger partial charge in [0.15, 0.2) is 0 Å². The Balaban J connectivity index is 1.61. The van der Waals surface area contributed by atoms with Gasteiger partial charge in [-0.3, -0.25) is 9.59 Å². The smallest absolute Gasteiger partial charge is 0.303 e. The third-order valence-electron chi connectivity index (χ3n) is 4.04. The largest absolute Gasteiger partial charge is 0.481 e. The number of hydrogen-bond donors (Lipinski definition) is 2. The van der Waals surface area contributed by atoms with Gasteiger partial charge in [-0.25, -0.2) is 0 Å². The van der Waals surface area contributed by atoms with Gasteiger partial charge in [-0.2, -0.15) is 0 Å². The van der Waals surface area contributed by atoms with E-state index in [2.05, 4.69) is 36.4 Å². The van der Waals surface area contributed by atoms with Crippen LogP contribution in [0.15, 0.2) is 36.4 Å². The molecule has 27 heavy (non-hydrogen) atoms. The molecule has 0 aliphatic carbocycles. The first-order valence-corrected chi connectivity index (χ1v) is 11.2. The van der Waals surface area contributed by atoms with E-state index >= 15 is 0 Å². The summed E-state index contributed by atoms with van der Waals surface area (Å²) >= 11 is 5.22. The van der Waals surface area contributed by atoms with Crippen LogP contribution in [0, 0.1) is 0 Å². The van der Waals surface area contributed by atoms with Gasteiger partial charge in [0.05, 0.1) is 0 Å². The molecule has 0 fully saturated rings. The second-order valence-electron chi connectivity index (χ2n) is 6.19. The number of carboxylic acids is 2. The van der Waals surface area contributed by atoms with E-state index in [0.717, 1.165) is 12.8 Å². The van der Waals surface area contributed by atoms with Crippen LogP contribution < -0.4 is 0 Å². The predicted molar refractivity (Wildman–Crippen MR) is 112 cm³/mol. The number of thiophene rings is 3. The normalized spacial score (nSPS) is 11.0. The van der Waals surface area contributed by atoms with E-state index in [4.69, 9.17) is 10.2 Å². The quantitative estimate of drug-likeness (QED) is 0.420. The number of carboxylic acid groups (broad SMARTS) is 2. The fraction of sp³-hybridized carbons (Fsp3) is 0.300. The van der Waals surface area contributed by atoms with Crippen molar-refractivity contribution in [1.29, 1.82) is 0 Å². The van der Waals surface area contributed by atoms with Crippen molar-refractivity contribution < 1.29 is 19.8 Å². The topological polar surface area (TPSA) is 74.6 Å². The van der Waals surface area contributed by atoms with Crippen molar-refractivity contribution in [3.63, 3.8) is 0 Å². The fourth-order valence-electron chi connectivity index (χ4n) is 2.72. The monoisotopic (exact) mass is 420 g/mol. The summed E-state index contributed by atoms with van der Waals surface area (Å²) in [6, 6.07) is 12.7. The summed E-state index contributed by atoms with van der Waals surface area (Å²) in [5.74, 6) is -1.49. The summed E-state index contributed by atoms with van der Waals surface area (Å²) in [5, 5.41) is 17.5. The van der Waals surface area contributed by atoms with Crippen molar-refractivity contribution in [2.45, 2.75) is 38.5 Å². The summed E-state index contributed by atoms with van der Waals surface area (Å²) in [4.78, 5) is 28.6. The lowest BCUT2D eigenvalue weighted by atomic mass is 10.2. The van der Waals surface area contributed by atoms with Crippen molar-refractivity contribution in [2.75, 3.05) is 0 Å². The molecule has 3 aromatic rings. The van der Waals surface area contributed by atoms with E-state index in [1.54, 1.807) is 34.0 Å². The van der Waals surface area contributed by atoms with Crippen LogP contribution in [0.4, 0.5) is 0 Å². The molecule has 0 spiro atoms. The van der Waals surface area contributed by atoms with Crippen molar-refractivity contribution in [2.24, 2.45) is 0 Å². The minimum absolute atomic E-state index is 0.212. The molecule has 0 aliphatic heterocycles. The van der Waals surface area contributed by atoms with Crippen LogP contribution in [-0.2, 0) is 22.4 Å². The second-order valence-corrected chi connectivity index (χ2v) is 9.61. The highest BCUT2D eigenvalue weighted by molar-refractivity contribution is 7.26. The Morgan fingerprint density at radius 1 is 0.630 bits per heavy atom. The zero-order chi connectivity index (χ0) is 19.2. The molecule has 3 heterocycles. The van der Waals surface area contributed by atoms with E-state index < -0.39 is 11.9 Å². The summed E-state index contributed by atoms with van der Waals surface area (Å²) in [7, 11) is 0.